The summed E-state index contributed by atoms with van der Waals surface area (Å²) in [5, 5.41) is 3.06. The fraction of sp³-hybridized carbons (Fsp3) is 0.533. The molecular weight excluding hydrogens is 224 g/mol. The second-order valence-corrected chi connectivity index (χ2v) is 5.32. The van der Waals surface area contributed by atoms with Crippen molar-refractivity contribution in [2.75, 3.05) is 18.9 Å². The number of anilines is 1. The van der Waals surface area contributed by atoms with Gasteiger partial charge in [0.15, 0.2) is 0 Å². The Morgan fingerprint density at radius 2 is 1.94 bits per heavy atom. The molecule has 0 aliphatic heterocycles. The van der Waals surface area contributed by atoms with Crippen LogP contribution >= 0.6 is 0 Å². The molecular formula is C15H22N2O. The zero-order chi connectivity index (χ0) is 13.1. The van der Waals surface area contributed by atoms with E-state index in [1.165, 1.54) is 12.8 Å². The summed E-state index contributed by atoms with van der Waals surface area (Å²) in [6.07, 6.45) is 2.55. The lowest BCUT2D eigenvalue weighted by Crippen LogP contribution is -2.38. The first-order chi connectivity index (χ1) is 8.61. The van der Waals surface area contributed by atoms with Crippen LogP contribution in [0.15, 0.2) is 24.3 Å². The number of benzene rings is 1. The fourth-order valence-corrected chi connectivity index (χ4v) is 2.05. The lowest BCUT2D eigenvalue weighted by molar-refractivity contribution is 0.0696. The van der Waals surface area contributed by atoms with E-state index in [0.717, 1.165) is 23.7 Å². The number of hydrogen-bond acceptors (Lipinski definition) is 2. The minimum absolute atomic E-state index is 0.152. The highest BCUT2D eigenvalue weighted by molar-refractivity contribution is 5.94. The minimum Gasteiger partial charge on any atom is -0.388 e. The van der Waals surface area contributed by atoms with Gasteiger partial charge in [0.05, 0.1) is 0 Å². The molecule has 0 saturated heterocycles. The molecule has 0 unspecified atom stereocenters. The standard InChI is InChI=1S/C15H22N2O/c1-11(2)17(10-12-4-5-12)15(18)13-6-8-14(16-3)9-7-13/h6-9,11-12,16H,4-5,10H2,1-3H3. The third kappa shape index (κ3) is 3.03. The maximum atomic E-state index is 12.5. The number of carbonyl (C=O) groups is 1. The summed E-state index contributed by atoms with van der Waals surface area (Å²) in [4.78, 5) is 14.4. The summed E-state index contributed by atoms with van der Waals surface area (Å²) in [6, 6.07) is 7.96. The van der Waals surface area contributed by atoms with Gasteiger partial charge in [-0.1, -0.05) is 0 Å². The van der Waals surface area contributed by atoms with Gasteiger partial charge in [0.2, 0.25) is 0 Å². The van der Waals surface area contributed by atoms with Gasteiger partial charge in [-0.3, -0.25) is 4.79 Å². The van der Waals surface area contributed by atoms with Crippen LogP contribution < -0.4 is 5.32 Å². The Kier molecular flexibility index (Phi) is 3.90. The number of carbonyl (C=O) groups excluding carboxylic acids is 1. The molecule has 0 heterocycles. The largest absolute Gasteiger partial charge is 0.388 e. The van der Waals surface area contributed by atoms with Crippen LogP contribution in [0.2, 0.25) is 0 Å². The van der Waals surface area contributed by atoms with Crippen molar-refractivity contribution in [1.82, 2.24) is 4.90 Å². The average molecular weight is 246 g/mol. The van der Waals surface area contributed by atoms with E-state index in [9.17, 15) is 4.79 Å². The smallest absolute Gasteiger partial charge is 0.254 e. The van der Waals surface area contributed by atoms with E-state index < -0.39 is 0 Å². The van der Waals surface area contributed by atoms with E-state index >= 15 is 0 Å². The van der Waals surface area contributed by atoms with Crippen LogP contribution in [0.25, 0.3) is 0 Å². The molecule has 3 heteroatoms. The summed E-state index contributed by atoms with van der Waals surface area (Å²) in [6.45, 7) is 5.08. The Morgan fingerprint density at radius 3 is 2.39 bits per heavy atom. The van der Waals surface area contributed by atoms with Crippen LogP contribution in [0.3, 0.4) is 0 Å². The Labute approximate surface area is 109 Å². The Bertz CT molecular complexity index is 407. The fourth-order valence-electron chi connectivity index (χ4n) is 2.05. The highest BCUT2D eigenvalue weighted by Gasteiger charge is 2.28. The summed E-state index contributed by atoms with van der Waals surface area (Å²) in [7, 11) is 1.88. The molecule has 1 aliphatic rings. The number of rotatable bonds is 5. The van der Waals surface area contributed by atoms with Crippen LogP contribution in [-0.2, 0) is 0 Å². The monoisotopic (exact) mass is 246 g/mol. The van der Waals surface area contributed by atoms with Crippen molar-refractivity contribution in [1.29, 1.82) is 0 Å². The maximum Gasteiger partial charge on any atom is 0.254 e. The quantitative estimate of drug-likeness (QED) is 0.866. The number of nitrogens with zero attached hydrogens (tertiary/aromatic N) is 1. The molecule has 98 valence electrons. The van der Waals surface area contributed by atoms with Crippen LogP contribution in [-0.4, -0.2) is 30.4 Å². The second kappa shape index (κ2) is 5.42. The van der Waals surface area contributed by atoms with Gasteiger partial charge in [0.25, 0.3) is 5.91 Å². The first kappa shape index (κ1) is 12.9. The van der Waals surface area contributed by atoms with Gasteiger partial charge in [-0.05, 0) is 56.9 Å². The molecule has 1 aliphatic carbocycles. The van der Waals surface area contributed by atoms with Crippen molar-refractivity contribution in [3.8, 4) is 0 Å². The summed E-state index contributed by atoms with van der Waals surface area (Å²) >= 11 is 0. The first-order valence-electron chi connectivity index (χ1n) is 6.70. The minimum atomic E-state index is 0.152. The zero-order valence-corrected chi connectivity index (χ0v) is 11.4. The Morgan fingerprint density at radius 1 is 1.33 bits per heavy atom. The normalized spacial score (nSPS) is 14.7. The van der Waals surface area contributed by atoms with E-state index in [2.05, 4.69) is 19.2 Å². The topological polar surface area (TPSA) is 32.3 Å². The predicted octanol–water partition coefficient (Wildman–Crippen LogP) is 2.99. The molecule has 1 aromatic rings. The molecule has 18 heavy (non-hydrogen) atoms. The van der Waals surface area contributed by atoms with Crippen molar-refractivity contribution in [2.45, 2.75) is 32.7 Å². The zero-order valence-electron chi connectivity index (χ0n) is 11.4. The molecule has 3 nitrogen and oxygen atoms in total. The van der Waals surface area contributed by atoms with Crippen LogP contribution in [0.4, 0.5) is 5.69 Å². The van der Waals surface area contributed by atoms with E-state index in [4.69, 9.17) is 0 Å². The van der Waals surface area contributed by atoms with Gasteiger partial charge < -0.3 is 10.2 Å². The van der Waals surface area contributed by atoms with Crippen molar-refractivity contribution in [2.24, 2.45) is 5.92 Å². The molecule has 1 fully saturated rings. The van der Waals surface area contributed by atoms with Gasteiger partial charge in [-0.15, -0.1) is 0 Å². The third-order valence-electron chi connectivity index (χ3n) is 3.46. The van der Waals surface area contributed by atoms with Crippen molar-refractivity contribution >= 4 is 11.6 Å². The molecule has 0 bridgehead atoms. The highest BCUT2D eigenvalue weighted by Crippen LogP contribution is 2.30. The van der Waals surface area contributed by atoms with Gasteiger partial charge in [0.1, 0.15) is 0 Å². The van der Waals surface area contributed by atoms with Crippen LogP contribution in [0.5, 0.6) is 0 Å². The van der Waals surface area contributed by atoms with Crippen molar-refractivity contribution < 1.29 is 4.79 Å². The van der Waals surface area contributed by atoms with E-state index in [-0.39, 0.29) is 11.9 Å². The molecule has 2 rings (SSSR count). The molecule has 0 spiro atoms. The molecule has 0 aromatic heterocycles. The average Bonchev–Trinajstić information content (AvgIpc) is 3.19. The number of hydrogen-bond donors (Lipinski definition) is 1. The summed E-state index contributed by atoms with van der Waals surface area (Å²) in [5.41, 5.74) is 1.81. The van der Waals surface area contributed by atoms with Crippen LogP contribution in [0.1, 0.15) is 37.0 Å². The Balaban J connectivity index is 2.10. The maximum absolute atomic E-state index is 12.5. The van der Waals surface area contributed by atoms with Gasteiger partial charge >= 0.3 is 0 Å². The Hall–Kier alpha value is -1.51. The molecule has 0 atom stereocenters. The van der Waals surface area contributed by atoms with E-state index in [0.29, 0.717) is 0 Å². The van der Waals surface area contributed by atoms with E-state index in [1.54, 1.807) is 0 Å². The molecule has 1 aromatic carbocycles. The predicted molar refractivity (Wildman–Crippen MR) is 74.9 cm³/mol. The lowest BCUT2D eigenvalue weighted by atomic mass is 10.1. The van der Waals surface area contributed by atoms with Gasteiger partial charge in [0, 0.05) is 30.9 Å². The molecule has 1 saturated carbocycles. The van der Waals surface area contributed by atoms with Crippen molar-refractivity contribution in [3.63, 3.8) is 0 Å². The van der Waals surface area contributed by atoms with Crippen LogP contribution in [0, 0.1) is 5.92 Å². The SMILES string of the molecule is CNc1ccc(C(=O)N(CC2CC2)C(C)C)cc1. The lowest BCUT2D eigenvalue weighted by Gasteiger charge is -2.27. The number of amides is 1. The number of nitrogens with one attached hydrogen (secondary N) is 1. The summed E-state index contributed by atoms with van der Waals surface area (Å²) < 4.78 is 0. The van der Waals surface area contributed by atoms with Gasteiger partial charge in [-0.2, -0.15) is 0 Å². The van der Waals surface area contributed by atoms with E-state index in [1.807, 2.05) is 36.2 Å². The summed E-state index contributed by atoms with van der Waals surface area (Å²) in [5.74, 6) is 0.882. The van der Waals surface area contributed by atoms with Crippen molar-refractivity contribution in [3.05, 3.63) is 29.8 Å². The first-order valence-corrected chi connectivity index (χ1v) is 6.70. The molecule has 1 N–H and O–H groups in total. The molecule has 0 radical (unpaired) electrons. The third-order valence-corrected chi connectivity index (χ3v) is 3.46. The molecule has 1 amide bonds. The highest BCUT2D eigenvalue weighted by atomic mass is 16.2. The van der Waals surface area contributed by atoms with Gasteiger partial charge in [-0.25, -0.2) is 0 Å². The second-order valence-electron chi connectivity index (χ2n) is 5.32.